The zero-order valence-electron chi connectivity index (χ0n) is 19.2. The smallest absolute Gasteiger partial charge is 0.220 e. The Hall–Kier alpha value is -3.81. The number of carbonyl (C=O) groups is 1. The molecule has 8 nitrogen and oxygen atoms in total. The molecule has 1 N–H and O–H groups in total. The number of nitrogens with one attached hydrogen (secondary N) is 1. The first-order valence-corrected chi connectivity index (χ1v) is 11.8. The molecule has 3 aromatic heterocycles. The lowest BCUT2D eigenvalue weighted by atomic mass is 9.78. The van der Waals surface area contributed by atoms with Gasteiger partial charge in [-0.2, -0.15) is 10.2 Å². The predicted molar refractivity (Wildman–Crippen MR) is 129 cm³/mol. The Kier molecular flexibility index (Phi) is 5.01. The molecular formula is C26H27N7O. The molecule has 1 spiro atoms. The Labute approximate surface area is 198 Å². The van der Waals surface area contributed by atoms with Crippen molar-refractivity contribution in [2.45, 2.75) is 50.1 Å². The summed E-state index contributed by atoms with van der Waals surface area (Å²) in [5.41, 5.74) is 5.13. The van der Waals surface area contributed by atoms with Crippen molar-refractivity contribution < 1.29 is 4.79 Å². The highest BCUT2D eigenvalue weighted by Crippen LogP contribution is 2.40. The van der Waals surface area contributed by atoms with Crippen molar-refractivity contribution in [1.82, 2.24) is 34.8 Å². The molecule has 4 aromatic rings. The second-order valence-corrected chi connectivity index (χ2v) is 9.55. The van der Waals surface area contributed by atoms with E-state index < -0.39 is 0 Å². The van der Waals surface area contributed by atoms with E-state index >= 15 is 0 Å². The summed E-state index contributed by atoms with van der Waals surface area (Å²) in [5.74, 6) is 0.894. The highest BCUT2D eigenvalue weighted by molar-refractivity contribution is 5.79. The SMILES string of the molecule is Cn1cc(-c2cccc(-c3ncc(-c4cnn([C@H]5CC[C@]6(CCC(=O)N6)CC5)c4)cn3)c2)cn1. The van der Waals surface area contributed by atoms with Crippen LogP contribution in [0.5, 0.6) is 0 Å². The molecule has 0 radical (unpaired) electrons. The number of carbonyl (C=O) groups excluding carboxylic acids is 1. The lowest BCUT2D eigenvalue weighted by Crippen LogP contribution is -2.44. The first-order valence-electron chi connectivity index (χ1n) is 11.8. The molecule has 1 amide bonds. The van der Waals surface area contributed by atoms with Crippen LogP contribution in [-0.4, -0.2) is 41.0 Å². The van der Waals surface area contributed by atoms with Crippen LogP contribution in [0.15, 0.2) is 61.4 Å². The molecule has 6 rings (SSSR count). The fourth-order valence-electron chi connectivity index (χ4n) is 5.29. The van der Waals surface area contributed by atoms with Crippen LogP contribution in [-0.2, 0) is 11.8 Å². The summed E-state index contributed by atoms with van der Waals surface area (Å²) in [6, 6.07) is 8.57. The van der Waals surface area contributed by atoms with Gasteiger partial charge in [0, 0.05) is 66.0 Å². The average molecular weight is 454 g/mol. The fourth-order valence-corrected chi connectivity index (χ4v) is 5.29. The highest BCUT2D eigenvalue weighted by Gasteiger charge is 2.41. The second-order valence-electron chi connectivity index (χ2n) is 9.55. The van der Waals surface area contributed by atoms with Gasteiger partial charge in [0.25, 0.3) is 0 Å². The minimum absolute atomic E-state index is 0.0293. The van der Waals surface area contributed by atoms with Gasteiger partial charge in [0.05, 0.1) is 18.4 Å². The molecule has 8 heteroatoms. The quantitative estimate of drug-likeness (QED) is 0.501. The van der Waals surface area contributed by atoms with E-state index in [-0.39, 0.29) is 11.4 Å². The third-order valence-corrected chi connectivity index (χ3v) is 7.27. The number of amides is 1. The van der Waals surface area contributed by atoms with Gasteiger partial charge in [0.15, 0.2) is 5.82 Å². The van der Waals surface area contributed by atoms with Crippen LogP contribution in [0.2, 0.25) is 0 Å². The normalized spacial score (nSPS) is 22.3. The van der Waals surface area contributed by atoms with Crippen molar-refractivity contribution in [2.24, 2.45) is 7.05 Å². The van der Waals surface area contributed by atoms with Crippen LogP contribution in [0.3, 0.4) is 0 Å². The van der Waals surface area contributed by atoms with Crippen LogP contribution in [0, 0.1) is 0 Å². The van der Waals surface area contributed by atoms with Crippen LogP contribution in [0.4, 0.5) is 0 Å². The van der Waals surface area contributed by atoms with Gasteiger partial charge in [-0.25, -0.2) is 9.97 Å². The fraction of sp³-hybridized carbons (Fsp3) is 0.346. The van der Waals surface area contributed by atoms with Gasteiger partial charge in [-0.3, -0.25) is 14.2 Å². The number of rotatable bonds is 4. The third kappa shape index (κ3) is 3.89. The van der Waals surface area contributed by atoms with E-state index in [1.807, 2.05) is 50.2 Å². The largest absolute Gasteiger partial charge is 0.351 e. The zero-order chi connectivity index (χ0) is 23.1. The van der Waals surface area contributed by atoms with Gasteiger partial charge in [-0.15, -0.1) is 0 Å². The van der Waals surface area contributed by atoms with Crippen LogP contribution in [0.25, 0.3) is 33.6 Å². The Morgan fingerprint density at radius 2 is 1.62 bits per heavy atom. The van der Waals surface area contributed by atoms with E-state index in [2.05, 4.69) is 48.5 Å². The monoisotopic (exact) mass is 453 g/mol. The van der Waals surface area contributed by atoms with E-state index in [9.17, 15) is 4.79 Å². The first kappa shape index (κ1) is 20.8. The van der Waals surface area contributed by atoms with Crippen LogP contribution < -0.4 is 5.32 Å². The van der Waals surface area contributed by atoms with Gasteiger partial charge < -0.3 is 5.32 Å². The highest BCUT2D eigenvalue weighted by atomic mass is 16.2. The molecule has 1 saturated carbocycles. The maximum absolute atomic E-state index is 11.7. The summed E-state index contributed by atoms with van der Waals surface area (Å²) in [6.45, 7) is 0. The van der Waals surface area contributed by atoms with E-state index in [4.69, 9.17) is 0 Å². The summed E-state index contributed by atoms with van der Waals surface area (Å²) in [7, 11) is 1.91. The number of aromatic nitrogens is 6. The molecule has 34 heavy (non-hydrogen) atoms. The molecule has 4 heterocycles. The molecule has 1 aliphatic carbocycles. The third-order valence-electron chi connectivity index (χ3n) is 7.27. The Bertz CT molecular complexity index is 1330. The van der Waals surface area contributed by atoms with E-state index in [0.29, 0.717) is 18.3 Å². The van der Waals surface area contributed by atoms with Gasteiger partial charge in [-0.1, -0.05) is 18.2 Å². The van der Waals surface area contributed by atoms with Gasteiger partial charge >= 0.3 is 0 Å². The van der Waals surface area contributed by atoms with Gasteiger partial charge in [-0.05, 0) is 43.7 Å². The molecule has 1 aliphatic heterocycles. The average Bonchev–Trinajstić information content (AvgIpc) is 3.61. The van der Waals surface area contributed by atoms with Gasteiger partial charge in [0.2, 0.25) is 5.91 Å². The summed E-state index contributed by atoms with van der Waals surface area (Å²) in [4.78, 5) is 20.9. The number of hydrogen-bond acceptors (Lipinski definition) is 5. The Balaban J connectivity index is 1.16. The molecular weight excluding hydrogens is 426 g/mol. The molecule has 1 saturated heterocycles. The Morgan fingerprint density at radius 3 is 2.32 bits per heavy atom. The molecule has 172 valence electrons. The van der Waals surface area contributed by atoms with E-state index in [0.717, 1.165) is 59.9 Å². The van der Waals surface area contributed by atoms with Crippen molar-refractivity contribution in [1.29, 1.82) is 0 Å². The molecule has 2 aliphatic rings. The van der Waals surface area contributed by atoms with Crippen LogP contribution >= 0.6 is 0 Å². The topological polar surface area (TPSA) is 90.5 Å². The number of benzene rings is 1. The molecule has 0 bridgehead atoms. The molecule has 0 atom stereocenters. The molecule has 1 aromatic carbocycles. The van der Waals surface area contributed by atoms with Crippen molar-refractivity contribution in [3.63, 3.8) is 0 Å². The van der Waals surface area contributed by atoms with Crippen molar-refractivity contribution in [3.8, 4) is 33.6 Å². The predicted octanol–water partition coefficient (Wildman–Crippen LogP) is 4.17. The van der Waals surface area contributed by atoms with Gasteiger partial charge in [0.1, 0.15) is 0 Å². The van der Waals surface area contributed by atoms with Crippen molar-refractivity contribution in [3.05, 3.63) is 61.4 Å². The first-order chi connectivity index (χ1) is 16.6. The maximum atomic E-state index is 11.7. The number of aryl methyl sites for hydroxylation is 1. The number of nitrogens with zero attached hydrogens (tertiary/aromatic N) is 6. The van der Waals surface area contributed by atoms with Crippen molar-refractivity contribution >= 4 is 5.91 Å². The lowest BCUT2D eigenvalue weighted by molar-refractivity contribution is -0.120. The summed E-state index contributed by atoms with van der Waals surface area (Å²) < 4.78 is 3.87. The molecule has 0 unspecified atom stereocenters. The lowest BCUT2D eigenvalue weighted by Gasteiger charge is -2.37. The minimum atomic E-state index is 0.0293. The van der Waals surface area contributed by atoms with E-state index in [1.54, 1.807) is 4.68 Å². The maximum Gasteiger partial charge on any atom is 0.220 e. The summed E-state index contributed by atoms with van der Waals surface area (Å²) in [5, 5.41) is 12.1. The standard InChI is InChI=1S/C26H27N7O/c1-32-16-21(14-29-32)18-3-2-4-19(11-18)25-27-12-20(13-28-25)22-15-30-33(17-22)23-5-8-26(9-6-23)10-7-24(34)31-26/h2-4,11-17,23H,5-10H2,1H3,(H,31,34)/t23-,26+. The second kappa shape index (κ2) is 8.20. The minimum Gasteiger partial charge on any atom is -0.351 e. The summed E-state index contributed by atoms with van der Waals surface area (Å²) in [6.07, 6.45) is 17.3. The Morgan fingerprint density at radius 1 is 0.882 bits per heavy atom. The zero-order valence-corrected chi connectivity index (χ0v) is 19.2. The number of hydrogen-bond donors (Lipinski definition) is 1. The van der Waals surface area contributed by atoms with Crippen molar-refractivity contribution in [2.75, 3.05) is 0 Å². The van der Waals surface area contributed by atoms with E-state index in [1.165, 1.54) is 0 Å². The molecule has 2 fully saturated rings. The summed E-state index contributed by atoms with van der Waals surface area (Å²) >= 11 is 0. The van der Waals surface area contributed by atoms with Crippen LogP contribution in [0.1, 0.15) is 44.6 Å².